The summed E-state index contributed by atoms with van der Waals surface area (Å²) in [4.78, 5) is 15.3. The zero-order chi connectivity index (χ0) is 17.4. The van der Waals surface area contributed by atoms with Gasteiger partial charge in [0.1, 0.15) is 28.3 Å². The Balaban J connectivity index is 1.86. The Labute approximate surface area is 144 Å². The second kappa shape index (κ2) is 6.54. The van der Waals surface area contributed by atoms with Gasteiger partial charge < -0.3 is 9.63 Å². The van der Waals surface area contributed by atoms with Crippen molar-refractivity contribution in [1.82, 2.24) is 24.7 Å². The van der Waals surface area contributed by atoms with Gasteiger partial charge in [-0.05, 0) is 14.0 Å². The molecule has 1 aliphatic rings. The summed E-state index contributed by atoms with van der Waals surface area (Å²) in [6.45, 7) is 4.23. The van der Waals surface area contributed by atoms with E-state index in [0.717, 1.165) is 12.1 Å². The first-order valence-electron chi connectivity index (χ1n) is 7.67. The minimum Gasteiger partial charge on any atom is -0.480 e. The van der Waals surface area contributed by atoms with Gasteiger partial charge >= 0.3 is 5.97 Å². The molecule has 0 unspecified atom stereocenters. The SMILES string of the molecule is Cc1cc(-c2nn(C)c(Cl)c2CN2CCN(C)[C@H](C(=O)O)C2)no1. The third-order valence-corrected chi connectivity index (χ3v) is 4.81. The highest BCUT2D eigenvalue weighted by atomic mass is 35.5. The molecule has 3 heterocycles. The number of aromatic nitrogens is 3. The molecule has 2 aromatic rings. The predicted molar refractivity (Wildman–Crippen MR) is 87.8 cm³/mol. The summed E-state index contributed by atoms with van der Waals surface area (Å²) in [6.07, 6.45) is 0. The summed E-state index contributed by atoms with van der Waals surface area (Å²) >= 11 is 6.41. The molecule has 0 spiro atoms. The first kappa shape index (κ1) is 16.9. The lowest BCUT2D eigenvalue weighted by Gasteiger charge is -2.37. The van der Waals surface area contributed by atoms with Crippen LogP contribution in [0.2, 0.25) is 5.15 Å². The molecule has 9 heteroatoms. The second-order valence-corrected chi connectivity index (χ2v) is 6.49. The lowest BCUT2D eigenvalue weighted by atomic mass is 10.1. The van der Waals surface area contributed by atoms with Crippen molar-refractivity contribution in [2.45, 2.75) is 19.5 Å². The normalized spacial score (nSPS) is 19.8. The molecule has 0 aliphatic carbocycles. The molecule has 1 N–H and O–H groups in total. The molecule has 8 nitrogen and oxygen atoms in total. The van der Waals surface area contributed by atoms with Crippen molar-refractivity contribution in [1.29, 1.82) is 0 Å². The van der Waals surface area contributed by atoms with Gasteiger partial charge in [0.2, 0.25) is 0 Å². The summed E-state index contributed by atoms with van der Waals surface area (Å²) in [5, 5.41) is 18.3. The number of nitrogens with zero attached hydrogens (tertiary/aromatic N) is 5. The summed E-state index contributed by atoms with van der Waals surface area (Å²) in [5.41, 5.74) is 2.14. The molecule has 2 aromatic heterocycles. The van der Waals surface area contributed by atoms with Crippen molar-refractivity contribution in [2.75, 3.05) is 26.7 Å². The van der Waals surface area contributed by atoms with E-state index in [0.29, 0.717) is 41.9 Å². The van der Waals surface area contributed by atoms with Crippen LogP contribution in [-0.4, -0.2) is 68.5 Å². The highest BCUT2D eigenvalue weighted by molar-refractivity contribution is 6.30. The molecule has 1 aliphatic heterocycles. The molecular formula is C15H20ClN5O3. The maximum Gasteiger partial charge on any atom is 0.322 e. The van der Waals surface area contributed by atoms with E-state index in [1.165, 1.54) is 0 Å². The van der Waals surface area contributed by atoms with Crippen LogP contribution in [0.15, 0.2) is 10.6 Å². The van der Waals surface area contributed by atoms with E-state index in [9.17, 15) is 9.90 Å². The second-order valence-electron chi connectivity index (χ2n) is 6.13. The van der Waals surface area contributed by atoms with Gasteiger partial charge in [0, 0.05) is 44.9 Å². The highest BCUT2D eigenvalue weighted by Crippen LogP contribution is 2.29. The van der Waals surface area contributed by atoms with Crippen molar-refractivity contribution in [2.24, 2.45) is 7.05 Å². The van der Waals surface area contributed by atoms with Gasteiger partial charge in [-0.1, -0.05) is 16.8 Å². The summed E-state index contributed by atoms with van der Waals surface area (Å²) < 4.78 is 6.73. The number of carboxylic acid groups (broad SMARTS) is 1. The minimum absolute atomic E-state index is 0.439. The van der Waals surface area contributed by atoms with E-state index in [1.54, 1.807) is 11.7 Å². The molecule has 0 bridgehead atoms. The number of aryl methyl sites for hydroxylation is 2. The van der Waals surface area contributed by atoms with Crippen LogP contribution in [-0.2, 0) is 18.4 Å². The molecule has 3 rings (SSSR count). The van der Waals surface area contributed by atoms with Gasteiger partial charge in [0.05, 0.1) is 0 Å². The van der Waals surface area contributed by atoms with Crippen LogP contribution in [0.3, 0.4) is 0 Å². The monoisotopic (exact) mass is 353 g/mol. The van der Waals surface area contributed by atoms with Crippen LogP contribution in [0.25, 0.3) is 11.4 Å². The number of piperazine rings is 1. The third kappa shape index (κ3) is 3.17. The Morgan fingerprint density at radius 3 is 2.83 bits per heavy atom. The van der Waals surface area contributed by atoms with Crippen LogP contribution >= 0.6 is 11.6 Å². The number of halogens is 1. The number of hydrogen-bond acceptors (Lipinski definition) is 6. The number of aliphatic carboxylic acids is 1. The van der Waals surface area contributed by atoms with Gasteiger partial charge in [-0.2, -0.15) is 5.10 Å². The fourth-order valence-corrected chi connectivity index (χ4v) is 3.12. The van der Waals surface area contributed by atoms with Gasteiger partial charge in [-0.25, -0.2) is 0 Å². The Kier molecular flexibility index (Phi) is 4.62. The van der Waals surface area contributed by atoms with Crippen molar-refractivity contribution >= 4 is 17.6 Å². The third-order valence-electron chi connectivity index (χ3n) is 4.34. The average Bonchev–Trinajstić information content (AvgIpc) is 3.07. The fraction of sp³-hybridized carbons (Fsp3) is 0.533. The molecule has 0 saturated carbocycles. The van der Waals surface area contributed by atoms with Crippen LogP contribution in [0, 0.1) is 6.92 Å². The lowest BCUT2D eigenvalue weighted by Crippen LogP contribution is -2.54. The van der Waals surface area contributed by atoms with Gasteiger partial charge in [0.25, 0.3) is 0 Å². The summed E-state index contributed by atoms with van der Waals surface area (Å²) in [6, 6.07) is 1.29. The molecule has 130 valence electrons. The predicted octanol–water partition coefficient (Wildman–Crippen LogP) is 1.24. The Morgan fingerprint density at radius 2 is 2.21 bits per heavy atom. The molecule has 0 aromatic carbocycles. The van der Waals surface area contributed by atoms with Gasteiger partial charge in [0.15, 0.2) is 0 Å². The van der Waals surface area contributed by atoms with E-state index in [2.05, 4.69) is 15.2 Å². The van der Waals surface area contributed by atoms with Gasteiger partial charge in [-0.3, -0.25) is 19.3 Å². The molecule has 0 radical (unpaired) electrons. The number of hydrogen-bond donors (Lipinski definition) is 1. The lowest BCUT2D eigenvalue weighted by molar-refractivity contribution is -0.145. The zero-order valence-corrected chi connectivity index (χ0v) is 14.6. The number of likely N-dealkylation sites (N-methyl/N-ethyl adjacent to an activating group) is 1. The van der Waals surface area contributed by atoms with E-state index < -0.39 is 12.0 Å². The molecule has 1 atom stereocenters. The molecule has 24 heavy (non-hydrogen) atoms. The highest BCUT2D eigenvalue weighted by Gasteiger charge is 2.31. The zero-order valence-electron chi connectivity index (χ0n) is 13.9. The van der Waals surface area contributed by atoms with Crippen molar-refractivity contribution in [3.8, 4) is 11.4 Å². The van der Waals surface area contributed by atoms with Crippen LogP contribution in [0.1, 0.15) is 11.3 Å². The summed E-state index contributed by atoms with van der Waals surface area (Å²) in [7, 11) is 3.60. The largest absolute Gasteiger partial charge is 0.480 e. The van der Waals surface area contributed by atoms with Gasteiger partial charge in [-0.15, -0.1) is 0 Å². The Hall–Kier alpha value is -1.90. The Morgan fingerprint density at radius 1 is 1.46 bits per heavy atom. The average molecular weight is 354 g/mol. The van der Waals surface area contributed by atoms with E-state index in [1.807, 2.05) is 24.9 Å². The topological polar surface area (TPSA) is 87.6 Å². The molecule has 1 fully saturated rings. The maximum atomic E-state index is 11.4. The van der Waals surface area contributed by atoms with Crippen molar-refractivity contribution in [3.63, 3.8) is 0 Å². The van der Waals surface area contributed by atoms with Crippen LogP contribution < -0.4 is 0 Å². The van der Waals surface area contributed by atoms with Crippen molar-refractivity contribution in [3.05, 3.63) is 22.5 Å². The fourth-order valence-electron chi connectivity index (χ4n) is 2.94. The molecule has 1 saturated heterocycles. The minimum atomic E-state index is -0.813. The van der Waals surface area contributed by atoms with E-state index in [4.69, 9.17) is 16.1 Å². The Bertz CT molecular complexity index is 756. The van der Waals surface area contributed by atoms with Crippen LogP contribution in [0.5, 0.6) is 0 Å². The molecule has 0 amide bonds. The quantitative estimate of drug-likeness (QED) is 0.884. The number of carboxylic acids is 1. The summed E-state index contributed by atoms with van der Waals surface area (Å²) in [5.74, 6) is -0.116. The first-order valence-corrected chi connectivity index (χ1v) is 8.05. The maximum absolute atomic E-state index is 11.4. The molecular weight excluding hydrogens is 334 g/mol. The number of rotatable bonds is 4. The standard InChI is InChI=1S/C15H20ClN5O3/c1-9-6-11(18-24-9)13-10(14(16)20(3)17-13)7-21-5-4-19(2)12(8-21)15(22)23/h6,12H,4-5,7-8H2,1-3H3,(H,22,23)/t12-/m0/s1. The first-order chi connectivity index (χ1) is 11.4. The van der Waals surface area contributed by atoms with Crippen molar-refractivity contribution < 1.29 is 14.4 Å². The van der Waals surface area contributed by atoms with E-state index >= 15 is 0 Å². The number of carbonyl (C=O) groups is 1. The smallest absolute Gasteiger partial charge is 0.322 e. The van der Waals surface area contributed by atoms with E-state index in [-0.39, 0.29) is 0 Å². The van der Waals surface area contributed by atoms with Crippen LogP contribution in [0.4, 0.5) is 0 Å².